The van der Waals surface area contributed by atoms with Gasteiger partial charge in [-0.3, -0.25) is 0 Å². The lowest BCUT2D eigenvalue weighted by molar-refractivity contribution is 0.415. The molecule has 94 valence electrons. The quantitative estimate of drug-likeness (QED) is 0.694. The summed E-state index contributed by atoms with van der Waals surface area (Å²) < 4.78 is 5.31. The number of ether oxygens (including phenoxy) is 1. The minimum absolute atomic E-state index is 0.784. The molecule has 3 aromatic rings. The van der Waals surface area contributed by atoms with Gasteiger partial charge >= 0.3 is 0 Å². The van der Waals surface area contributed by atoms with Crippen molar-refractivity contribution in [1.29, 1.82) is 0 Å². The first kappa shape index (κ1) is 11.6. The molecule has 3 rings (SSSR count). The van der Waals surface area contributed by atoms with Crippen LogP contribution in [0.3, 0.4) is 0 Å². The van der Waals surface area contributed by atoms with Crippen LogP contribution >= 0.6 is 0 Å². The topological polar surface area (TPSA) is 35.2 Å². The maximum Gasteiger partial charge on any atom is 0.119 e. The van der Waals surface area contributed by atoms with E-state index >= 15 is 0 Å². The summed E-state index contributed by atoms with van der Waals surface area (Å²) in [4.78, 5) is 0. The number of fused-ring (bicyclic) bond motifs is 1. The molecule has 0 bridgehead atoms. The highest BCUT2D eigenvalue weighted by Gasteiger charge is 2.08. The minimum atomic E-state index is 0.784. The molecular formula is C17H15NO. The first-order chi connectivity index (χ1) is 9.29. The van der Waals surface area contributed by atoms with Crippen LogP contribution in [0.1, 0.15) is 0 Å². The van der Waals surface area contributed by atoms with Gasteiger partial charge in [0.1, 0.15) is 5.75 Å². The van der Waals surface area contributed by atoms with E-state index in [0.29, 0.717) is 0 Å². The van der Waals surface area contributed by atoms with Gasteiger partial charge in [-0.2, -0.15) is 0 Å². The monoisotopic (exact) mass is 249 g/mol. The van der Waals surface area contributed by atoms with Crippen LogP contribution in [0, 0.1) is 0 Å². The van der Waals surface area contributed by atoms with Gasteiger partial charge in [-0.15, -0.1) is 0 Å². The Morgan fingerprint density at radius 3 is 2.37 bits per heavy atom. The van der Waals surface area contributed by atoms with Crippen molar-refractivity contribution in [2.45, 2.75) is 0 Å². The molecular weight excluding hydrogens is 234 g/mol. The third-order valence-corrected chi connectivity index (χ3v) is 3.32. The van der Waals surface area contributed by atoms with E-state index in [2.05, 4.69) is 18.2 Å². The SMILES string of the molecule is COc1ccc2ccc(N)c(-c3ccccc3)c2c1. The average molecular weight is 249 g/mol. The Balaban J connectivity index is 2.35. The van der Waals surface area contributed by atoms with Gasteiger partial charge in [0, 0.05) is 11.3 Å². The van der Waals surface area contributed by atoms with Gasteiger partial charge in [-0.05, 0) is 34.5 Å². The summed E-state index contributed by atoms with van der Waals surface area (Å²) in [7, 11) is 1.68. The van der Waals surface area contributed by atoms with Gasteiger partial charge < -0.3 is 10.5 Å². The minimum Gasteiger partial charge on any atom is -0.497 e. The predicted octanol–water partition coefficient (Wildman–Crippen LogP) is 4.10. The van der Waals surface area contributed by atoms with Gasteiger partial charge in [0.2, 0.25) is 0 Å². The molecule has 0 fully saturated rings. The lowest BCUT2D eigenvalue weighted by atomic mass is 9.96. The van der Waals surface area contributed by atoms with Gasteiger partial charge in [0.25, 0.3) is 0 Å². The number of hydrogen-bond acceptors (Lipinski definition) is 2. The molecule has 0 amide bonds. The van der Waals surface area contributed by atoms with Crippen LogP contribution in [0.15, 0.2) is 60.7 Å². The first-order valence-electron chi connectivity index (χ1n) is 6.21. The van der Waals surface area contributed by atoms with Gasteiger partial charge in [0.05, 0.1) is 7.11 Å². The highest BCUT2D eigenvalue weighted by molar-refractivity contribution is 6.02. The van der Waals surface area contributed by atoms with E-state index in [4.69, 9.17) is 10.5 Å². The largest absolute Gasteiger partial charge is 0.497 e. The lowest BCUT2D eigenvalue weighted by Crippen LogP contribution is -1.92. The third-order valence-electron chi connectivity index (χ3n) is 3.32. The molecule has 3 aromatic carbocycles. The Labute approximate surface area is 112 Å². The molecule has 0 aromatic heterocycles. The Morgan fingerprint density at radius 1 is 0.895 bits per heavy atom. The van der Waals surface area contributed by atoms with Crippen molar-refractivity contribution in [3.63, 3.8) is 0 Å². The van der Waals surface area contributed by atoms with Crippen molar-refractivity contribution in [2.75, 3.05) is 12.8 Å². The van der Waals surface area contributed by atoms with Gasteiger partial charge in [0.15, 0.2) is 0 Å². The van der Waals surface area contributed by atoms with Crippen LogP contribution in [-0.4, -0.2) is 7.11 Å². The molecule has 0 aliphatic carbocycles. The molecule has 0 atom stereocenters. The molecule has 0 radical (unpaired) electrons. The smallest absolute Gasteiger partial charge is 0.119 e. The van der Waals surface area contributed by atoms with E-state index in [-0.39, 0.29) is 0 Å². The fourth-order valence-electron chi connectivity index (χ4n) is 2.37. The summed E-state index contributed by atoms with van der Waals surface area (Å²) in [5, 5.41) is 2.28. The van der Waals surface area contributed by atoms with E-state index in [1.807, 2.05) is 42.5 Å². The number of rotatable bonds is 2. The third kappa shape index (κ3) is 2.02. The highest BCUT2D eigenvalue weighted by Crippen LogP contribution is 2.35. The fraction of sp³-hybridized carbons (Fsp3) is 0.0588. The van der Waals surface area contributed by atoms with Gasteiger partial charge in [-0.1, -0.05) is 42.5 Å². The molecule has 0 unspecified atom stereocenters. The summed E-state index contributed by atoms with van der Waals surface area (Å²) in [6, 6.07) is 20.2. The Bertz CT molecular complexity index is 720. The second-order valence-electron chi connectivity index (χ2n) is 4.48. The molecule has 19 heavy (non-hydrogen) atoms. The molecule has 0 saturated carbocycles. The maximum absolute atomic E-state index is 6.17. The maximum atomic E-state index is 6.17. The standard InChI is InChI=1S/C17H15NO/c1-19-14-9-7-12-8-10-16(18)17(15(12)11-14)13-5-3-2-4-6-13/h2-11H,18H2,1H3. The fourth-order valence-corrected chi connectivity index (χ4v) is 2.37. The van der Waals surface area contributed by atoms with Crippen molar-refractivity contribution in [2.24, 2.45) is 0 Å². The predicted molar refractivity (Wildman–Crippen MR) is 80.3 cm³/mol. The summed E-state index contributed by atoms with van der Waals surface area (Å²) >= 11 is 0. The van der Waals surface area contributed by atoms with E-state index in [1.165, 1.54) is 0 Å². The summed E-state index contributed by atoms with van der Waals surface area (Å²) in [6.45, 7) is 0. The number of benzene rings is 3. The van der Waals surface area contributed by atoms with Crippen LogP contribution in [0.5, 0.6) is 5.75 Å². The second-order valence-corrected chi connectivity index (χ2v) is 4.48. The normalized spacial score (nSPS) is 10.6. The Morgan fingerprint density at radius 2 is 1.63 bits per heavy atom. The number of nitrogens with two attached hydrogens (primary N) is 1. The van der Waals surface area contributed by atoms with Crippen molar-refractivity contribution in [3.05, 3.63) is 60.7 Å². The zero-order chi connectivity index (χ0) is 13.2. The second kappa shape index (κ2) is 4.65. The van der Waals surface area contributed by atoms with Crippen molar-refractivity contribution in [1.82, 2.24) is 0 Å². The van der Waals surface area contributed by atoms with Crippen LogP contribution in [0.4, 0.5) is 5.69 Å². The van der Waals surface area contributed by atoms with E-state index in [1.54, 1.807) is 7.11 Å². The Hall–Kier alpha value is -2.48. The molecule has 2 heteroatoms. The van der Waals surface area contributed by atoms with Crippen molar-refractivity contribution >= 4 is 16.5 Å². The molecule has 0 aliphatic heterocycles. The summed E-state index contributed by atoms with van der Waals surface area (Å²) in [5.41, 5.74) is 9.14. The summed E-state index contributed by atoms with van der Waals surface area (Å²) in [5.74, 6) is 0.843. The van der Waals surface area contributed by atoms with Crippen LogP contribution in [-0.2, 0) is 0 Å². The first-order valence-corrected chi connectivity index (χ1v) is 6.21. The molecule has 0 spiro atoms. The Kier molecular flexibility index (Phi) is 2.84. The van der Waals surface area contributed by atoms with Crippen molar-refractivity contribution < 1.29 is 4.74 Å². The van der Waals surface area contributed by atoms with Crippen molar-refractivity contribution in [3.8, 4) is 16.9 Å². The number of hydrogen-bond donors (Lipinski definition) is 1. The molecule has 0 heterocycles. The van der Waals surface area contributed by atoms with Crippen LogP contribution < -0.4 is 10.5 Å². The zero-order valence-electron chi connectivity index (χ0n) is 10.8. The van der Waals surface area contributed by atoms with E-state index in [0.717, 1.165) is 33.3 Å². The average Bonchev–Trinajstić information content (AvgIpc) is 2.47. The molecule has 2 nitrogen and oxygen atoms in total. The molecule has 0 aliphatic rings. The number of nitrogen functional groups attached to an aromatic ring is 1. The number of anilines is 1. The van der Waals surface area contributed by atoms with Crippen LogP contribution in [0.25, 0.3) is 21.9 Å². The van der Waals surface area contributed by atoms with E-state index in [9.17, 15) is 0 Å². The lowest BCUT2D eigenvalue weighted by Gasteiger charge is -2.11. The molecule has 0 saturated heterocycles. The van der Waals surface area contributed by atoms with E-state index < -0.39 is 0 Å². The van der Waals surface area contributed by atoms with Gasteiger partial charge in [-0.25, -0.2) is 0 Å². The van der Waals surface area contributed by atoms with Crippen LogP contribution in [0.2, 0.25) is 0 Å². The number of methoxy groups -OCH3 is 1. The zero-order valence-corrected chi connectivity index (χ0v) is 10.8. The highest BCUT2D eigenvalue weighted by atomic mass is 16.5. The molecule has 2 N–H and O–H groups in total. The summed E-state index contributed by atoms with van der Waals surface area (Å²) in [6.07, 6.45) is 0.